The minimum atomic E-state index is -0.505. The molecule has 1 amide bonds. The third kappa shape index (κ3) is 3.08. The van der Waals surface area contributed by atoms with Crippen LogP contribution in [0.3, 0.4) is 0 Å². The number of hydrogen-bond donors (Lipinski definition) is 0. The van der Waals surface area contributed by atoms with Gasteiger partial charge in [-0.1, -0.05) is 24.3 Å². The molecular formula is C18H18N4O3. The lowest BCUT2D eigenvalue weighted by molar-refractivity contribution is -0.139. The van der Waals surface area contributed by atoms with Crippen molar-refractivity contribution < 1.29 is 14.3 Å². The largest absolute Gasteiger partial charge is 0.468 e. The summed E-state index contributed by atoms with van der Waals surface area (Å²) in [5.74, 6) is -0.265. The van der Waals surface area contributed by atoms with Crippen LogP contribution < -0.4 is 4.90 Å². The second-order valence-corrected chi connectivity index (χ2v) is 5.58. The molecule has 7 nitrogen and oxygen atoms in total. The molecule has 0 bridgehead atoms. The minimum Gasteiger partial charge on any atom is -0.468 e. The van der Waals surface area contributed by atoms with Crippen molar-refractivity contribution in [3.05, 3.63) is 48.4 Å². The number of aromatic nitrogens is 3. The molecule has 25 heavy (non-hydrogen) atoms. The van der Waals surface area contributed by atoms with E-state index in [-0.39, 0.29) is 12.5 Å². The maximum absolute atomic E-state index is 12.3. The first-order valence-electron chi connectivity index (χ1n) is 7.76. The molecule has 0 aliphatic carbocycles. The molecular weight excluding hydrogens is 320 g/mol. The Morgan fingerprint density at radius 1 is 1.28 bits per heavy atom. The standard InChI is InChI=1S/C18H18N4O3/c1-12-6-4-5-7-14(12)17-18(21-9-8-19-10-15(21)20-17)22(13(2)23)11-16(24)25-3/h4-10H,11H2,1-3H3. The van der Waals surface area contributed by atoms with Crippen LogP contribution in [0.4, 0.5) is 5.82 Å². The van der Waals surface area contributed by atoms with Gasteiger partial charge in [0.05, 0.1) is 13.3 Å². The highest BCUT2D eigenvalue weighted by Crippen LogP contribution is 2.33. The number of carbonyl (C=O) groups is 2. The number of aryl methyl sites for hydroxylation is 1. The lowest BCUT2D eigenvalue weighted by Crippen LogP contribution is -2.35. The molecule has 7 heteroatoms. The van der Waals surface area contributed by atoms with Gasteiger partial charge in [-0.3, -0.25) is 23.9 Å². The van der Waals surface area contributed by atoms with Crippen molar-refractivity contribution >= 4 is 23.3 Å². The molecule has 0 aliphatic rings. The summed E-state index contributed by atoms with van der Waals surface area (Å²) in [7, 11) is 1.29. The predicted octanol–water partition coefficient (Wildman–Crippen LogP) is 2.23. The molecule has 2 aromatic heterocycles. The van der Waals surface area contributed by atoms with Gasteiger partial charge in [-0.05, 0) is 12.5 Å². The Labute approximate surface area is 144 Å². The number of fused-ring (bicyclic) bond motifs is 1. The number of rotatable bonds is 4. The Morgan fingerprint density at radius 2 is 2.04 bits per heavy atom. The maximum Gasteiger partial charge on any atom is 0.325 e. The van der Waals surface area contributed by atoms with Crippen molar-refractivity contribution in [3.63, 3.8) is 0 Å². The number of amides is 1. The highest BCUT2D eigenvalue weighted by molar-refractivity contribution is 5.99. The number of hydrogen-bond acceptors (Lipinski definition) is 5. The second-order valence-electron chi connectivity index (χ2n) is 5.58. The fourth-order valence-corrected chi connectivity index (χ4v) is 2.70. The van der Waals surface area contributed by atoms with Gasteiger partial charge in [0, 0.05) is 24.9 Å². The van der Waals surface area contributed by atoms with Crippen molar-refractivity contribution in [2.45, 2.75) is 13.8 Å². The molecule has 0 atom stereocenters. The van der Waals surface area contributed by atoms with E-state index in [1.165, 1.54) is 18.9 Å². The highest BCUT2D eigenvalue weighted by atomic mass is 16.5. The van der Waals surface area contributed by atoms with Gasteiger partial charge in [0.1, 0.15) is 18.1 Å². The lowest BCUT2D eigenvalue weighted by Gasteiger charge is -2.21. The Balaban J connectivity index is 2.28. The van der Waals surface area contributed by atoms with E-state index in [2.05, 4.69) is 9.97 Å². The van der Waals surface area contributed by atoms with Crippen molar-refractivity contribution in [1.82, 2.24) is 14.4 Å². The Morgan fingerprint density at radius 3 is 2.72 bits per heavy atom. The summed E-state index contributed by atoms with van der Waals surface area (Å²) >= 11 is 0. The van der Waals surface area contributed by atoms with Crippen LogP contribution in [0.5, 0.6) is 0 Å². The van der Waals surface area contributed by atoms with Gasteiger partial charge in [0.2, 0.25) is 5.91 Å². The number of ether oxygens (including phenoxy) is 1. The van der Waals surface area contributed by atoms with E-state index in [1.54, 1.807) is 23.0 Å². The third-order valence-electron chi connectivity index (χ3n) is 3.96. The fourth-order valence-electron chi connectivity index (χ4n) is 2.70. The first kappa shape index (κ1) is 16.6. The molecule has 1 aromatic carbocycles. The fraction of sp³-hybridized carbons (Fsp3) is 0.222. The zero-order valence-corrected chi connectivity index (χ0v) is 14.3. The van der Waals surface area contributed by atoms with E-state index in [0.717, 1.165) is 11.1 Å². The topological polar surface area (TPSA) is 76.8 Å². The predicted molar refractivity (Wildman–Crippen MR) is 93.2 cm³/mol. The first-order valence-corrected chi connectivity index (χ1v) is 7.76. The lowest BCUT2D eigenvalue weighted by atomic mass is 10.1. The SMILES string of the molecule is COC(=O)CN(C(C)=O)c1c(-c2ccccc2C)nc2cnccn12. The van der Waals surface area contributed by atoms with Gasteiger partial charge >= 0.3 is 5.97 Å². The van der Waals surface area contributed by atoms with Gasteiger partial charge in [0.25, 0.3) is 0 Å². The van der Waals surface area contributed by atoms with E-state index >= 15 is 0 Å². The number of benzene rings is 1. The maximum atomic E-state index is 12.3. The quantitative estimate of drug-likeness (QED) is 0.682. The Bertz CT molecular complexity index is 948. The normalized spacial score (nSPS) is 10.7. The van der Waals surface area contributed by atoms with Crippen LogP contribution in [0.25, 0.3) is 16.9 Å². The Kier molecular flexibility index (Phi) is 4.47. The van der Waals surface area contributed by atoms with Crippen LogP contribution >= 0.6 is 0 Å². The van der Waals surface area contributed by atoms with Gasteiger partial charge in [0.15, 0.2) is 5.65 Å². The smallest absolute Gasteiger partial charge is 0.325 e. The molecule has 3 aromatic rings. The molecule has 3 rings (SSSR count). The van der Waals surface area contributed by atoms with Crippen LogP contribution in [0, 0.1) is 6.92 Å². The molecule has 0 N–H and O–H groups in total. The van der Waals surface area contributed by atoms with Crippen LogP contribution in [0.1, 0.15) is 12.5 Å². The second kappa shape index (κ2) is 6.72. The van der Waals surface area contributed by atoms with E-state index in [1.807, 2.05) is 31.2 Å². The van der Waals surface area contributed by atoms with Gasteiger partial charge in [-0.2, -0.15) is 0 Å². The van der Waals surface area contributed by atoms with Crippen LogP contribution in [-0.4, -0.2) is 39.9 Å². The van der Waals surface area contributed by atoms with Gasteiger partial charge in [-0.15, -0.1) is 0 Å². The molecule has 0 unspecified atom stereocenters. The average molecular weight is 338 g/mol. The number of esters is 1. The van der Waals surface area contributed by atoms with Crippen molar-refractivity contribution in [3.8, 4) is 11.3 Å². The van der Waals surface area contributed by atoms with Gasteiger partial charge < -0.3 is 4.74 Å². The molecule has 128 valence electrons. The molecule has 0 fully saturated rings. The monoisotopic (exact) mass is 338 g/mol. The van der Waals surface area contributed by atoms with Crippen LogP contribution in [-0.2, 0) is 14.3 Å². The van der Waals surface area contributed by atoms with Crippen LogP contribution in [0.2, 0.25) is 0 Å². The van der Waals surface area contributed by atoms with Crippen molar-refractivity contribution in [2.75, 3.05) is 18.6 Å². The van der Waals surface area contributed by atoms with E-state index in [4.69, 9.17) is 4.74 Å². The molecule has 0 spiro atoms. The summed E-state index contributed by atoms with van der Waals surface area (Å²) in [5.41, 5.74) is 3.11. The highest BCUT2D eigenvalue weighted by Gasteiger charge is 2.25. The summed E-state index contributed by atoms with van der Waals surface area (Å²) < 4.78 is 6.48. The van der Waals surface area contributed by atoms with Crippen molar-refractivity contribution in [2.24, 2.45) is 0 Å². The van der Waals surface area contributed by atoms with E-state index < -0.39 is 5.97 Å². The van der Waals surface area contributed by atoms with E-state index in [9.17, 15) is 9.59 Å². The van der Waals surface area contributed by atoms with E-state index in [0.29, 0.717) is 17.2 Å². The first-order chi connectivity index (χ1) is 12.0. The minimum absolute atomic E-state index is 0.194. The molecule has 2 heterocycles. The Hall–Kier alpha value is -3.22. The molecule has 0 saturated heterocycles. The van der Waals surface area contributed by atoms with Crippen molar-refractivity contribution in [1.29, 1.82) is 0 Å². The summed E-state index contributed by atoms with van der Waals surface area (Å²) in [4.78, 5) is 34.2. The zero-order valence-electron chi connectivity index (χ0n) is 14.3. The average Bonchev–Trinajstić information content (AvgIpc) is 2.98. The van der Waals surface area contributed by atoms with Gasteiger partial charge in [-0.25, -0.2) is 4.98 Å². The number of carbonyl (C=O) groups excluding carboxylic acids is 2. The number of methoxy groups -OCH3 is 1. The summed E-state index contributed by atoms with van der Waals surface area (Å²) in [5, 5.41) is 0. The number of nitrogens with zero attached hydrogens (tertiary/aromatic N) is 4. The molecule has 0 aliphatic heterocycles. The summed E-state index contributed by atoms with van der Waals surface area (Å²) in [6.45, 7) is 3.19. The summed E-state index contributed by atoms with van der Waals surface area (Å²) in [6.07, 6.45) is 4.94. The molecule has 0 saturated carbocycles. The number of anilines is 1. The third-order valence-corrected chi connectivity index (χ3v) is 3.96. The molecule has 0 radical (unpaired) electrons. The number of imidazole rings is 1. The van der Waals surface area contributed by atoms with Crippen LogP contribution in [0.15, 0.2) is 42.9 Å². The zero-order chi connectivity index (χ0) is 18.0. The summed E-state index contributed by atoms with van der Waals surface area (Å²) in [6, 6.07) is 7.75.